The van der Waals surface area contributed by atoms with Crippen LogP contribution in [0.2, 0.25) is 0 Å². The Labute approximate surface area is 123 Å². The molecule has 3 nitrogen and oxygen atoms in total. The zero-order valence-corrected chi connectivity index (χ0v) is 11.8. The summed E-state index contributed by atoms with van der Waals surface area (Å²) in [5, 5.41) is 6.34. The van der Waals surface area contributed by atoms with Crippen LogP contribution in [0.25, 0.3) is 0 Å². The minimum absolute atomic E-state index is 0.0637. The number of halogens is 1. The van der Waals surface area contributed by atoms with E-state index in [9.17, 15) is 9.18 Å². The standard InChI is InChI=1S/C17H17FN2O/c1-11-3-2-4-14-15(11)9-19-10-16(14)20-17(21)12-5-7-13(18)8-6-12/h2-8,16,19H,9-10H2,1H3,(H,20,21). The van der Waals surface area contributed by atoms with E-state index >= 15 is 0 Å². The Kier molecular flexibility index (Phi) is 3.71. The highest BCUT2D eigenvalue weighted by Crippen LogP contribution is 2.24. The molecule has 21 heavy (non-hydrogen) atoms. The van der Waals surface area contributed by atoms with Gasteiger partial charge >= 0.3 is 0 Å². The molecule has 1 heterocycles. The molecule has 3 rings (SSSR count). The van der Waals surface area contributed by atoms with Crippen molar-refractivity contribution in [3.63, 3.8) is 0 Å². The van der Waals surface area contributed by atoms with Gasteiger partial charge in [0.15, 0.2) is 0 Å². The molecule has 0 fully saturated rings. The van der Waals surface area contributed by atoms with Gasteiger partial charge in [-0.3, -0.25) is 4.79 Å². The van der Waals surface area contributed by atoms with Gasteiger partial charge in [0.1, 0.15) is 5.82 Å². The molecule has 1 aliphatic rings. The molecule has 1 unspecified atom stereocenters. The van der Waals surface area contributed by atoms with Gasteiger partial charge in [0.05, 0.1) is 6.04 Å². The summed E-state index contributed by atoms with van der Waals surface area (Å²) in [5.41, 5.74) is 4.09. The Hall–Kier alpha value is -2.20. The van der Waals surface area contributed by atoms with E-state index in [1.165, 1.54) is 35.4 Å². The summed E-state index contributed by atoms with van der Waals surface area (Å²) in [6, 6.07) is 11.7. The summed E-state index contributed by atoms with van der Waals surface area (Å²) < 4.78 is 12.9. The molecule has 0 aromatic heterocycles. The third kappa shape index (κ3) is 2.81. The number of nitrogens with one attached hydrogen (secondary N) is 2. The molecule has 0 saturated heterocycles. The molecule has 1 amide bonds. The highest BCUT2D eigenvalue weighted by Gasteiger charge is 2.22. The number of rotatable bonds is 2. The van der Waals surface area contributed by atoms with Gasteiger partial charge in [-0.25, -0.2) is 4.39 Å². The summed E-state index contributed by atoms with van der Waals surface area (Å²) in [6.45, 7) is 3.60. The normalized spacial score (nSPS) is 17.1. The molecule has 0 saturated carbocycles. The van der Waals surface area contributed by atoms with Crippen molar-refractivity contribution in [2.24, 2.45) is 0 Å². The Bertz CT molecular complexity index is 667. The van der Waals surface area contributed by atoms with Crippen LogP contribution in [-0.2, 0) is 6.54 Å². The molecule has 0 aliphatic carbocycles. The highest BCUT2D eigenvalue weighted by molar-refractivity contribution is 5.94. The molecule has 0 radical (unpaired) electrons. The number of fused-ring (bicyclic) bond motifs is 1. The maximum atomic E-state index is 12.9. The molecule has 0 spiro atoms. The van der Waals surface area contributed by atoms with Crippen molar-refractivity contribution in [1.29, 1.82) is 0 Å². The monoisotopic (exact) mass is 284 g/mol. The lowest BCUT2D eigenvalue weighted by molar-refractivity contribution is 0.0934. The molecule has 1 aliphatic heterocycles. The van der Waals surface area contributed by atoms with Crippen LogP contribution in [0.4, 0.5) is 4.39 Å². The average Bonchev–Trinajstić information content (AvgIpc) is 2.49. The predicted octanol–water partition coefficient (Wildman–Crippen LogP) is 2.71. The molecule has 2 aromatic rings. The molecule has 1 atom stereocenters. The van der Waals surface area contributed by atoms with Crippen molar-refractivity contribution >= 4 is 5.91 Å². The van der Waals surface area contributed by atoms with Gasteiger partial charge in [-0.1, -0.05) is 18.2 Å². The van der Waals surface area contributed by atoms with Gasteiger partial charge in [0, 0.05) is 18.7 Å². The van der Waals surface area contributed by atoms with Crippen molar-refractivity contribution in [2.45, 2.75) is 19.5 Å². The summed E-state index contributed by atoms with van der Waals surface area (Å²) in [7, 11) is 0. The Balaban J connectivity index is 1.82. The van der Waals surface area contributed by atoms with Crippen LogP contribution in [-0.4, -0.2) is 12.5 Å². The fourth-order valence-electron chi connectivity index (χ4n) is 2.72. The first-order valence-corrected chi connectivity index (χ1v) is 7.00. The summed E-state index contributed by atoms with van der Waals surface area (Å²) in [5.74, 6) is -0.525. The minimum atomic E-state index is -0.341. The zero-order valence-electron chi connectivity index (χ0n) is 11.8. The van der Waals surface area contributed by atoms with Gasteiger partial charge in [-0.2, -0.15) is 0 Å². The van der Waals surface area contributed by atoms with E-state index in [-0.39, 0.29) is 17.8 Å². The fourth-order valence-corrected chi connectivity index (χ4v) is 2.72. The number of amides is 1. The number of hydrogen-bond donors (Lipinski definition) is 2. The molecule has 2 N–H and O–H groups in total. The van der Waals surface area contributed by atoms with Crippen molar-refractivity contribution in [1.82, 2.24) is 10.6 Å². The van der Waals surface area contributed by atoms with E-state index in [0.717, 1.165) is 12.1 Å². The largest absolute Gasteiger partial charge is 0.344 e. The number of carbonyl (C=O) groups excluding carboxylic acids is 1. The average molecular weight is 284 g/mol. The van der Waals surface area contributed by atoms with Crippen molar-refractivity contribution in [2.75, 3.05) is 6.54 Å². The van der Waals surface area contributed by atoms with Crippen LogP contribution < -0.4 is 10.6 Å². The first-order valence-electron chi connectivity index (χ1n) is 7.00. The number of aryl methyl sites for hydroxylation is 1. The Morgan fingerprint density at radius 2 is 2.00 bits per heavy atom. The van der Waals surface area contributed by atoms with E-state index in [2.05, 4.69) is 29.7 Å². The zero-order chi connectivity index (χ0) is 14.8. The molecular formula is C17H17FN2O. The second-order valence-electron chi connectivity index (χ2n) is 5.31. The van der Waals surface area contributed by atoms with E-state index in [4.69, 9.17) is 0 Å². The maximum Gasteiger partial charge on any atom is 0.251 e. The van der Waals surface area contributed by atoms with Crippen molar-refractivity contribution < 1.29 is 9.18 Å². The lowest BCUT2D eigenvalue weighted by atomic mass is 9.93. The summed E-state index contributed by atoms with van der Waals surface area (Å²) in [6.07, 6.45) is 0. The van der Waals surface area contributed by atoms with E-state index in [1.54, 1.807) is 0 Å². The maximum absolute atomic E-state index is 12.9. The van der Waals surface area contributed by atoms with Crippen LogP contribution in [0.15, 0.2) is 42.5 Å². The van der Waals surface area contributed by atoms with Gasteiger partial charge in [0.2, 0.25) is 0 Å². The van der Waals surface area contributed by atoms with Gasteiger partial charge < -0.3 is 10.6 Å². The molecule has 108 valence electrons. The number of hydrogen-bond acceptors (Lipinski definition) is 2. The van der Waals surface area contributed by atoms with Crippen molar-refractivity contribution in [3.8, 4) is 0 Å². The van der Waals surface area contributed by atoms with Crippen LogP contribution >= 0.6 is 0 Å². The van der Waals surface area contributed by atoms with Crippen LogP contribution in [0.1, 0.15) is 33.1 Å². The van der Waals surface area contributed by atoms with Gasteiger partial charge in [0.25, 0.3) is 5.91 Å². The van der Waals surface area contributed by atoms with Crippen LogP contribution in [0.3, 0.4) is 0 Å². The molecule has 2 aromatic carbocycles. The van der Waals surface area contributed by atoms with E-state index in [1.807, 2.05) is 6.07 Å². The van der Waals surface area contributed by atoms with E-state index < -0.39 is 0 Å². The van der Waals surface area contributed by atoms with E-state index in [0.29, 0.717) is 12.1 Å². The lowest BCUT2D eigenvalue weighted by Crippen LogP contribution is -2.39. The first-order chi connectivity index (χ1) is 10.1. The third-order valence-electron chi connectivity index (χ3n) is 3.88. The van der Waals surface area contributed by atoms with Crippen LogP contribution in [0, 0.1) is 12.7 Å². The smallest absolute Gasteiger partial charge is 0.251 e. The minimum Gasteiger partial charge on any atom is -0.344 e. The quantitative estimate of drug-likeness (QED) is 0.890. The molecular weight excluding hydrogens is 267 g/mol. The number of carbonyl (C=O) groups is 1. The fraction of sp³-hybridized carbons (Fsp3) is 0.235. The van der Waals surface area contributed by atoms with Gasteiger partial charge in [-0.05, 0) is 47.9 Å². The second-order valence-corrected chi connectivity index (χ2v) is 5.31. The summed E-state index contributed by atoms with van der Waals surface area (Å²) >= 11 is 0. The van der Waals surface area contributed by atoms with Crippen molar-refractivity contribution in [3.05, 3.63) is 70.5 Å². The summed E-state index contributed by atoms with van der Waals surface area (Å²) in [4.78, 5) is 12.3. The highest BCUT2D eigenvalue weighted by atomic mass is 19.1. The second kappa shape index (κ2) is 5.66. The third-order valence-corrected chi connectivity index (χ3v) is 3.88. The lowest BCUT2D eigenvalue weighted by Gasteiger charge is -2.28. The van der Waals surface area contributed by atoms with Crippen LogP contribution in [0.5, 0.6) is 0 Å². The van der Waals surface area contributed by atoms with Gasteiger partial charge in [-0.15, -0.1) is 0 Å². The Morgan fingerprint density at radius 3 is 2.76 bits per heavy atom. The first kappa shape index (κ1) is 13.8. The topological polar surface area (TPSA) is 41.1 Å². The number of benzene rings is 2. The Morgan fingerprint density at radius 1 is 1.24 bits per heavy atom. The SMILES string of the molecule is Cc1cccc2c1CNCC2NC(=O)c1ccc(F)cc1. The molecule has 4 heteroatoms. The predicted molar refractivity (Wildman–Crippen MR) is 79.5 cm³/mol. The molecule has 0 bridgehead atoms.